The second-order valence-electron chi connectivity index (χ2n) is 6.62. The summed E-state index contributed by atoms with van der Waals surface area (Å²) in [4.78, 5) is 10.8. The summed E-state index contributed by atoms with van der Waals surface area (Å²) in [6.45, 7) is 7.16. The van der Waals surface area contributed by atoms with E-state index >= 15 is 0 Å². The van der Waals surface area contributed by atoms with Crippen molar-refractivity contribution < 1.29 is 14.6 Å². The molecule has 3 heteroatoms. The fraction of sp³-hybridized carbons (Fsp3) is 0.588. The summed E-state index contributed by atoms with van der Waals surface area (Å²) >= 11 is 0. The monoisotopic (exact) mass is 276 g/mol. The second kappa shape index (κ2) is 5.47. The first-order valence-electron chi connectivity index (χ1n) is 7.32. The van der Waals surface area contributed by atoms with Crippen molar-refractivity contribution in [2.24, 2.45) is 5.41 Å². The molecule has 1 aliphatic carbocycles. The number of rotatable bonds is 7. The smallest absolute Gasteiger partial charge is 0.304 e. The number of hydrogen-bond acceptors (Lipinski definition) is 2. The Morgan fingerprint density at radius 2 is 1.90 bits per heavy atom. The van der Waals surface area contributed by atoms with Crippen molar-refractivity contribution in [1.82, 2.24) is 0 Å². The zero-order valence-corrected chi connectivity index (χ0v) is 12.6. The normalized spacial score (nSPS) is 16.8. The van der Waals surface area contributed by atoms with E-state index in [9.17, 15) is 4.79 Å². The van der Waals surface area contributed by atoms with Crippen LogP contribution in [0.15, 0.2) is 24.3 Å². The van der Waals surface area contributed by atoms with Crippen LogP contribution in [0.1, 0.15) is 52.0 Å². The van der Waals surface area contributed by atoms with Crippen LogP contribution in [0.5, 0.6) is 5.75 Å². The molecule has 1 aromatic rings. The van der Waals surface area contributed by atoms with Crippen molar-refractivity contribution in [1.29, 1.82) is 0 Å². The maximum Gasteiger partial charge on any atom is 0.304 e. The summed E-state index contributed by atoms with van der Waals surface area (Å²) in [5, 5.41) is 8.88. The molecule has 1 saturated carbocycles. The summed E-state index contributed by atoms with van der Waals surface area (Å²) in [6.07, 6.45) is 3.23. The molecule has 0 aromatic heterocycles. The van der Waals surface area contributed by atoms with Crippen LogP contribution in [0.2, 0.25) is 0 Å². The van der Waals surface area contributed by atoms with Crippen LogP contribution >= 0.6 is 0 Å². The molecule has 20 heavy (non-hydrogen) atoms. The maximum atomic E-state index is 10.8. The zero-order chi connectivity index (χ0) is 14.8. The molecule has 1 aromatic carbocycles. The number of ether oxygens (including phenoxy) is 1. The van der Waals surface area contributed by atoms with E-state index in [4.69, 9.17) is 9.84 Å². The van der Waals surface area contributed by atoms with Gasteiger partial charge in [-0.1, -0.05) is 32.9 Å². The van der Waals surface area contributed by atoms with Gasteiger partial charge in [0.15, 0.2) is 0 Å². The molecule has 110 valence electrons. The third-order valence-electron chi connectivity index (χ3n) is 4.55. The first-order valence-corrected chi connectivity index (χ1v) is 7.32. The SMILES string of the molecule is CCC(C)(C)c1ccc(OCC2(CC(=O)O)CC2)cc1. The standard InChI is InChI=1S/C17H24O3/c1-4-16(2,3)13-5-7-14(8-6-13)20-12-17(9-10-17)11-15(18)19/h5-8H,4,9-12H2,1-3H3,(H,18,19). The maximum absolute atomic E-state index is 10.8. The van der Waals surface area contributed by atoms with Crippen LogP contribution in [-0.4, -0.2) is 17.7 Å². The van der Waals surface area contributed by atoms with Crippen LogP contribution in [0, 0.1) is 5.41 Å². The van der Waals surface area contributed by atoms with Gasteiger partial charge in [-0.2, -0.15) is 0 Å². The lowest BCUT2D eigenvalue weighted by molar-refractivity contribution is -0.138. The first kappa shape index (κ1) is 14.9. The van der Waals surface area contributed by atoms with Crippen molar-refractivity contribution in [2.75, 3.05) is 6.61 Å². The minimum Gasteiger partial charge on any atom is -0.493 e. The molecule has 0 amide bonds. The molecule has 3 nitrogen and oxygen atoms in total. The molecule has 0 bridgehead atoms. The number of carboxylic acids is 1. The Hall–Kier alpha value is -1.51. The number of carboxylic acid groups (broad SMARTS) is 1. The van der Waals surface area contributed by atoms with E-state index in [0.717, 1.165) is 25.0 Å². The summed E-state index contributed by atoms with van der Waals surface area (Å²) in [7, 11) is 0. The molecule has 0 radical (unpaired) electrons. The van der Waals surface area contributed by atoms with Crippen LogP contribution in [-0.2, 0) is 10.2 Å². The Bertz CT molecular complexity index is 470. The van der Waals surface area contributed by atoms with Gasteiger partial charge in [-0.3, -0.25) is 4.79 Å². The van der Waals surface area contributed by atoms with Gasteiger partial charge in [-0.25, -0.2) is 0 Å². The molecule has 0 saturated heterocycles. The Balaban J connectivity index is 1.93. The van der Waals surface area contributed by atoms with E-state index in [1.54, 1.807) is 0 Å². The number of carbonyl (C=O) groups is 1. The lowest BCUT2D eigenvalue weighted by Gasteiger charge is -2.23. The highest BCUT2D eigenvalue weighted by Gasteiger charge is 2.45. The average Bonchev–Trinajstić information content (AvgIpc) is 3.16. The van der Waals surface area contributed by atoms with Crippen molar-refractivity contribution in [3.8, 4) is 5.75 Å². The second-order valence-corrected chi connectivity index (χ2v) is 6.62. The van der Waals surface area contributed by atoms with Gasteiger partial charge < -0.3 is 9.84 Å². The van der Waals surface area contributed by atoms with E-state index in [-0.39, 0.29) is 17.3 Å². The lowest BCUT2D eigenvalue weighted by atomic mass is 9.82. The Kier molecular flexibility index (Phi) is 4.07. The number of hydrogen-bond donors (Lipinski definition) is 1. The van der Waals surface area contributed by atoms with Crippen LogP contribution in [0.25, 0.3) is 0 Å². The predicted octanol–water partition coefficient (Wildman–Crippen LogP) is 4.01. The molecule has 1 fully saturated rings. The quantitative estimate of drug-likeness (QED) is 0.818. The molecule has 2 rings (SSSR count). The van der Waals surface area contributed by atoms with Crippen LogP contribution in [0.3, 0.4) is 0 Å². The Morgan fingerprint density at radius 1 is 1.30 bits per heavy atom. The zero-order valence-electron chi connectivity index (χ0n) is 12.6. The number of aliphatic carboxylic acids is 1. The van der Waals surface area contributed by atoms with E-state index < -0.39 is 5.97 Å². The lowest BCUT2D eigenvalue weighted by Crippen LogP contribution is -2.18. The van der Waals surface area contributed by atoms with Gasteiger partial charge in [0, 0.05) is 5.41 Å². The van der Waals surface area contributed by atoms with Gasteiger partial charge in [0.1, 0.15) is 5.75 Å². The van der Waals surface area contributed by atoms with Gasteiger partial charge in [-0.15, -0.1) is 0 Å². The highest BCUT2D eigenvalue weighted by atomic mass is 16.5. The Labute approximate surface area is 121 Å². The minimum absolute atomic E-state index is 0.118. The molecule has 0 atom stereocenters. The summed E-state index contributed by atoms with van der Waals surface area (Å²) in [5.74, 6) is 0.100. The average molecular weight is 276 g/mol. The summed E-state index contributed by atoms with van der Waals surface area (Å²) in [5.41, 5.74) is 1.37. The third kappa shape index (κ3) is 3.53. The molecule has 0 heterocycles. The predicted molar refractivity (Wildman–Crippen MR) is 79.2 cm³/mol. The molecule has 0 unspecified atom stereocenters. The molecule has 1 aliphatic rings. The molecule has 0 aliphatic heterocycles. The Morgan fingerprint density at radius 3 is 2.35 bits per heavy atom. The van der Waals surface area contributed by atoms with E-state index in [0.29, 0.717) is 6.61 Å². The molecular weight excluding hydrogens is 252 g/mol. The van der Waals surface area contributed by atoms with Crippen LogP contribution in [0.4, 0.5) is 0 Å². The van der Waals surface area contributed by atoms with Crippen molar-refractivity contribution in [3.63, 3.8) is 0 Å². The topological polar surface area (TPSA) is 46.5 Å². The minimum atomic E-state index is -0.730. The largest absolute Gasteiger partial charge is 0.493 e. The van der Waals surface area contributed by atoms with Gasteiger partial charge >= 0.3 is 5.97 Å². The third-order valence-corrected chi connectivity index (χ3v) is 4.55. The number of benzene rings is 1. The highest BCUT2D eigenvalue weighted by Crippen LogP contribution is 2.49. The first-order chi connectivity index (χ1) is 9.37. The highest BCUT2D eigenvalue weighted by molar-refractivity contribution is 5.68. The van der Waals surface area contributed by atoms with Gasteiger partial charge in [-0.05, 0) is 42.4 Å². The van der Waals surface area contributed by atoms with E-state index in [1.165, 1.54) is 5.56 Å². The van der Waals surface area contributed by atoms with Crippen molar-refractivity contribution >= 4 is 5.97 Å². The van der Waals surface area contributed by atoms with Gasteiger partial charge in [0.2, 0.25) is 0 Å². The van der Waals surface area contributed by atoms with Crippen molar-refractivity contribution in [2.45, 2.75) is 51.9 Å². The summed E-state index contributed by atoms with van der Waals surface area (Å²) in [6, 6.07) is 8.19. The molecular formula is C17H24O3. The van der Waals surface area contributed by atoms with Crippen LogP contribution < -0.4 is 4.74 Å². The molecule has 1 N–H and O–H groups in total. The summed E-state index contributed by atoms with van der Waals surface area (Å²) < 4.78 is 5.77. The van der Waals surface area contributed by atoms with Gasteiger partial charge in [0.05, 0.1) is 13.0 Å². The van der Waals surface area contributed by atoms with E-state index in [2.05, 4.69) is 32.9 Å². The van der Waals surface area contributed by atoms with Gasteiger partial charge in [0.25, 0.3) is 0 Å². The fourth-order valence-electron chi connectivity index (χ4n) is 2.31. The van der Waals surface area contributed by atoms with Crippen molar-refractivity contribution in [3.05, 3.63) is 29.8 Å². The van der Waals surface area contributed by atoms with E-state index in [1.807, 2.05) is 12.1 Å². The fourth-order valence-corrected chi connectivity index (χ4v) is 2.31. The molecule has 0 spiro atoms.